The Morgan fingerprint density at radius 1 is 1.21 bits per heavy atom. The van der Waals surface area contributed by atoms with Gasteiger partial charge in [-0.3, -0.25) is 19.3 Å². The quantitative estimate of drug-likeness (QED) is 0.538. The topological polar surface area (TPSA) is 110 Å². The highest BCUT2D eigenvalue weighted by molar-refractivity contribution is 6.31. The van der Waals surface area contributed by atoms with Gasteiger partial charge in [-0.25, -0.2) is 0 Å². The molecule has 1 saturated heterocycles. The molecule has 174 valence electrons. The second kappa shape index (κ2) is 9.80. The number of nitrogens with zero attached hydrogens (tertiary/aromatic N) is 1. The van der Waals surface area contributed by atoms with Crippen LogP contribution in [0.5, 0.6) is 5.75 Å². The molecule has 0 radical (unpaired) electrons. The van der Waals surface area contributed by atoms with Crippen molar-refractivity contribution in [1.29, 1.82) is 0 Å². The molecule has 9 heteroatoms. The Kier molecular flexibility index (Phi) is 6.85. The first-order valence-electron chi connectivity index (χ1n) is 10.7. The summed E-state index contributed by atoms with van der Waals surface area (Å²) < 4.78 is 16.3. The fourth-order valence-corrected chi connectivity index (χ4v) is 4.33. The van der Waals surface area contributed by atoms with E-state index in [1.165, 1.54) is 25.5 Å². The lowest BCUT2D eigenvalue weighted by atomic mass is 9.92. The Morgan fingerprint density at radius 2 is 1.97 bits per heavy atom. The van der Waals surface area contributed by atoms with E-state index in [2.05, 4.69) is 4.90 Å². The molecule has 0 spiro atoms. The van der Waals surface area contributed by atoms with Gasteiger partial charge in [0.25, 0.3) is 0 Å². The number of likely N-dealkylation sites (tertiary alicyclic amines) is 1. The van der Waals surface area contributed by atoms with Crippen LogP contribution in [-0.4, -0.2) is 36.2 Å². The van der Waals surface area contributed by atoms with Crippen LogP contribution < -0.4 is 10.9 Å². The van der Waals surface area contributed by atoms with E-state index in [1.54, 1.807) is 12.1 Å². The predicted molar refractivity (Wildman–Crippen MR) is 122 cm³/mol. The van der Waals surface area contributed by atoms with Gasteiger partial charge in [-0.2, -0.15) is 0 Å². The van der Waals surface area contributed by atoms with E-state index >= 15 is 0 Å². The van der Waals surface area contributed by atoms with Crippen LogP contribution in [0.1, 0.15) is 48.7 Å². The molecule has 0 bridgehead atoms. The minimum absolute atomic E-state index is 0.0451. The molecule has 1 aliphatic rings. The van der Waals surface area contributed by atoms with Crippen LogP contribution in [0.3, 0.4) is 0 Å². The Balaban J connectivity index is 1.83. The summed E-state index contributed by atoms with van der Waals surface area (Å²) in [7, 11) is 1.21. The summed E-state index contributed by atoms with van der Waals surface area (Å²) in [6, 6.07) is 5.86. The Bertz CT molecular complexity index is 1290. The third kappa shape index (κ3) is 4.96. The van der Waals surface area contributed by atoms with Crippen molar-refractivity contribution in [3.63, 3.8) is 0 Å². The first-order chi connectivity index (χ1) is 15.9. The largest absolute Gasteiger partial charge is 0.502 e. The summed E-state index contributed by atoms with van der Waals surface area (Å²) in [6.45, 7) is 2.14. The maximum atomic E-state index is 13.3. The number of methoxy groups -OCH3 is 1. The highest BCUT2D eigenvalue weighted by Crippen LogP contribution is 2.33. The van der Waals surface area contributed by atoms with E-state index in [0.717, 1.165) is 32.4 Å². The number of esters is 1. The molecule has 0 saturated carbocycles. The van der Waals surface area contributed by atoms with Crippen LogP contribution >= 0.6 is 11.6 Å². The number of aromatic hydroxyl groups is 1. The van der Waals surface area contributed by atoms with E-state index in [0.29, 0.717) is 22.9 Å². The third-order valence-corrected chi connectivity index (χ3v) is 6.11. The van der Waals surface area contributed by atoms with Gasteiger partial charge in [0.15, 0.2) is 11.2 Å². The van der Waals surface area contributed by atoms with Crippen molar-refractivity contribution in [2.24, 2.45) is 0 Å². The fraction of sp³-hybridized carbons (Fsp3) is 0.375. The highest BCUT2D eigenvalue weighted by atomic mass is 35.5. The number of rotatable bonds is 6. The van der Waals surface area contributed by atoms with Crippen molar-refractivity contribution >= 4 is 28.5 Å². The van der Waals surface area contributed by atoms with Gasteiger partial charge in [-0.15, -0.1) is 0 Å². The molecule has 3 heterocycles. The summed E-state index contributed by atoms with van der Waals surface area (Å²) in [5.74, 6) is -2.22. The molecular weight excluding hydrogens is 450 g/mol. The molecule has 1 unspecified atom stereocenters. The van der Waals surface area contributed by atoms with E-state index < -0.39 is 28.5 Å². The molecule has 2 aromatic heterocycles. The Hall–Kier alpha value is -3.10. The number of hydrogen-bond donors (Lipinski definition) is 1. The molecule has 8 nitrogen and oxygen atoms in total. The monoisotopic (exact) mass is 473 g/mol. The lowest BCUT2D eigenvalue weighted by Gasteiger charge is -2.26. The van der Waals surface area contributed by atoms with Crippen LogP contribution in [0.4, 0.5) is 0 Å². The Labute approximate surface area is 194 Å². The first kappa shape index (κ1) is 23.1. The van der Waals surface area contributed by atoms with Crippen molar-refractivity contribution in [1.82, 2.24) is 4.90 Å². The zero-order valence-electron chi connectivity index (χ0n) is 18.1. The molecule has 1 fully saturated rings. The van der Waals surface area contributed by atoms with Gasteiger partial charge >= 0.3 is 5.97 Å². The number of fused-ring (bicyclic) bond motifs is 1. The maximum absolute atomic E-state index is 13.3. The van der Waals surface area contributed by atoms with Gasteiger partial charge in [-0.1, -0.05) is 18.0 Å². The third-order valence-electron chi connectivity index (χ3n) is 5.88. The number of ether oxygens (including phenoxy) is 1. The molecule has 33 heavy (non-hydrogen) atoms. The zero-order chi connectivity index (χ0) is 23.5. The predicted octanol–water partition coefficient (Wildman–Crippen LogP) is 3.79. The average molecular weight is 474 g/mol. The van der Waals surface area contributed by atoms with Gasteiger partial charge in [0, 0.05) is 16.7 Å². The summed E-state index contributed by atoms with van der Waals surface area (Å²) in [4.78, 5) is 40.2. The van der Waals surface area contributed by atoms with Crippen LogP contribution in [0.25, 0.3) is 11.0 Å². The van der Waals surface area contributed by atoms with Gasteiger partial charge < -0.3 is 18.7 Å². The smallest absolute Gasteiger partial charge is 0.306 e. The summed E-state index contributed by atoms with van der Waals surface area (Å²) in [6.07, 6.45) is 4.14. The first-order valence-corrected chi connectivity index (χ1v) is 11.1. The van der Waals surface area contributed by atoms with E-state index in [4.69, 9.17) is 25.2 Å². The fourth-order valence-electron chi connectivity index (χ4n) is 4.16. The highest BCUT2D eigenvalue weighted by Gasteiger charge is 2.30. The standard InChI is InChI=1S/C24H24ClNO7/c1-31-21(28)11-16(18-13-32-20-6-5-14(25)9-17(20)22(18)29)24-23(30)19(27)10-15(33-24)12-26-7-3-2-4-8-26/h5-6,9-10,13,16,30H,2-4,7-8,11-12H2,1H3. The molecule has 1 atom stereocenters. The van der Waals surface area contributed by atoms with Crippen LogP contribution in [0.15, 0.2) is 49.0 Å². The normalized spacial score (nSPS) is 15.5. The lowest BCUT2D eigenvalue weighted by molar-refractivity contribution is -0.140. The summed E-state index contributed by atoms with van der Waals surface area (Å²) >= 11 is 6.05. The molecular formula is C24H24ClNO7. The number of carbonyl (C=O) groups excluding carboxylic acids is 1. The molecule has 1 N–H and O–H groups in total. The molecule has 1 aliphatic heterocycles. The lowest BCUT2D eigenvalue weighted by Crippen LogP contribution is -2.29. The van der Waals surface area contributed by atoms with Crippen molar-refractivity contribution in [3.05, 3.63) is 73.1 Å². The number of carbonyl (C=O) groups is 1. The SMILES string of the molecule is COC(=O)CC(c1oc(CN2CCCCC2)cc(=O)c1O)c1coc2ccc(Cl)cc2c1=O. The number of halogens is 1. The van der Waals surface area contributed by atoms with Gasteiger partial charge in [0.2, 0.25) is 11.2 Å². The second-order valence-electron chi connectivity index (χ2n) is 8.12. The molecule has 3 aromatic rings. The average Bonchev–Trinajstić information content (AvgIpc) is 2.81. The molecule has 0 aliphatic carbocycles. The van der Waals surface area contributed by atoms with Crippen LogP contribution in [0.2, 0.25) is 5.02 Å². The number of hydrogen-bond acceptors (Lipinski definition) is 8. The summed E-state index contributed by atoms with van der Waals surface area (Å²) in [5.41, 5.74) is -0.735. The molecule has 0 amide bonds. The number of benzene rings is 1. The maximum Gasteiger partial charge on any atom is 0.306 e. The van der Waals surface area contributed by atoms with Crippen molar-refractivity contribution in [2.75, 3.05) is 20.2 Å². The van der Waals surface area contributed by atoms with Gasteiger partial charge in [-0.05, 0) is 44.1 Å². The zero-order valence-corrected chi connectivity index (χ0v) is 18.9. The Morgan fingerprint density at radius 3 is 2.70 bits per heavy atom. The van der Waals surface area contributed by atoms with Crippen molar-refractivity contribution in [2.45, 2.75) is 38.1 Å². The molecule has 4 rings (SSSR count). The second-order valence-corrected chi connectivity index (χ2v) is 8.56. The minimum atomic E-state index is -1.09. The van der Waals surface area contributed by atoms with E-state index in [1.807, 2.05) is 0 Å². The van der Waals surface area contributed by atoms with Crippen LogP contribution in [0, 0.1) is 0 Å². The van der Waals surface area contributed by atoms with Crippen molar-refractivity contribution < 1.29 is 23.5 Å². The van der Waals surface area contributed by atoms with Gasteiger partial charge in [0.05, 0.1) is 37.6 Å². The van der Waals surface area contributed by atoms with E-state index in [-0.39, 0.29) is 23.1 Å². The van der Waals surface area contributed by atoms with Crippen LogP contribution in [-0.2, 0) is 16.1 Å². The van der Waals surface area contributed by atoms with Crippen molar-refractivity contribution in [3.8, 4) is 5.75 Å². The summed E-state index contributed by atoms with van der Waals surface area (Å²) in [5, 5.41) is 11.1. The molecule has 1 aromatic carbocycles. The van der Waals surface area contributed by atoms with Gasteiger partial charge in [0.1, 0.15) is 11.3 Å². The minimum Gasteiger partial charge on any atom is -0.502 e. The van der Waals surface area contributed by atoms with E-state index in [9.17, 15) is 19.5 Å². The number of piperidine rings is 1.